The summed E-state index contributed by atoms with van der Waals surface area (Å²) in [6.07, 6.45) is 2.24. The first kappa shape index (κ1) is 7.95. The third-order valence-electron chi connectivity index (χ3n) is 2.60. The van der Waals surface area contributed by atoms with Crippen molar-refractivity contribution in [3.05, 3.63) is 11.6 Å². The first-order valence-electron chi connectivity index (χ1n) is 4.19. The highest BCUT2D eigenvalue weighted by Gasteiger charge is 2.41. The van der Waals surface area contributed by atoms with E-state index in [1.165, 1.54) is 0 Å². The van der Waals surface area contributed by atoms with Gasteiger partial charge >= 0.3 is 0 Å². The van der Waals surface area contributed by atoms with E-state index in [0.717, 1.165) is 5.57 Å². The molecular weight excluding hydrogens is 156 g/mol. The van der Waals surface area contributed by atoms with E-state index < -0.39 is 0 Å². The molecule has 2 aliphatic rings. The zero-order chi connectivity index (χ0) is 8.72. The van der Waals surface area contributed by atoms with E-state index in [4.69, 9.17) is 9.84 Å². The summed E-state index contributed by atoms with van der Waals surface area (Å²) in [5, 5.41) is 8.97. The summed E-state index contributed by atoms with van der Waals surface area (Å²) >= 11 is 0. The van der Waals surface area contributed by atoms with Gasteiger partial charge in [0.1, 0.15) is 5.78 Å². The first-order valence-corrected chi connectivity index (χ1v) is 4.19. The highest BCUT2D eigenvalue weighted by molar-refractivity contribution is 5.84. The van der Waals surface area contributed by atoms with Crippen LogP contribution in [0.1, 0.15) is 13.3 Å². The Hall–Kier alpha value is -0.670. The summed E-state index contributed by atoms with van der Waals surface area (Å²) in [7, 11) is 0. The molecule has 0 amide bonds. The van der Waals surface area contributed by atoms with Crippen LogP contribution in [-0.4, -0.2) is 29.7 Å². The minimum absolute atomic E-state index is 0.0229. The molecule has 0 radical (unpaired) electrons. The van der Waals surface area contributed by atoms with Gasteiger partial charge in [0.25, 0.3) is 0 Å². The van der Waals surface area contributed by atoms with Crippen LogP contribution in [0.5, 0.6) is 0 Å². The van der Waals surface area contributed by atoms with Crippen molar-refractivity contribution < 1.29 is 14.6 Å². The molecule has 0 aromatic carbocycles. The van der Waals surface area contributed by atoms with E-state index in [2.05, 4.69) is 0 Å². The summed E-state index contributed by atoms with van der Waals surface area (Å²) in [6.45, 7) is 1.85. The second kappa shape index (κ2) is 2.68. The molecule has 0 aromatic heterocycles. The molecule has 0 aliphatic carbocycles. The van der Waals surface area contributed by atoms with Gasteiger partial charge in [0, 0.05) is 6.42 Å². The highest BCUT2D eigenvalue weighted by atomic mass is 16.5. The van der Waals surface area contributed by atoms with E-state index in [1.807, 2.05) is 13.0 Å². The summed E-state index contributed by atoms with van der Waals surface area (Å²) in [5.74, 6) is -0.188. The molecule has 66 valence electrons. The number of ether oxygens (including phenoxy) is 1. The lowest BCUT2D eigenvalue weighted by Gasteiger charge is -2.27. The number of aliphatic hydroxyl groups excluding tert-OH is 1. The number of hydrogen-bond acceptors (Lipinski definition) is 3. The predicted molar refractivity (Wildman–Crippen MR) is 42.6 cm³/mol. The largest absolute Gasteiger partial charge is 0.396 e. The second-order valence-corrected chi connectivity index (χ2v) is 3.47. The Labute approximate surface area is 71.0 Å². The summed E-state index contributed by atoms with van der Waals surface area (Å²) in [6, 6.07) is 0. The van der Waals surface area contributed by atoms with E-state index >= 15 is 0 Å². The van der Waals surface area contributed by atoms with Crippen LogP contribution >= 0.6 is 0 Å². The van der Waals surface area contributed by atoms with Gasteiger partial charge in [0.2, 0.25) is 0 Å². The van der Waals surface area contributed by atoms with Crippen LogP contribution in [0.15, 0.2) is 11.6 Å². The molecule has 2 heterocycles. The van der Waals surface area contributed by atoms with Crippen molar-refractivity contribution in [1.82, 2.24) is 0 Å². The van der Waals surface area contributed by atoms with Gasteiger partial charge in [-0.1, -0.05) is 6.08 Å². The normalized spacial score (nSPS) is 40.0. The molecule has 0 aromatic rings. The lowest BCUT2D eigenvalue weighted by Crippen LogP contribution is -2.39. The summed E-state index contributed by atoms with van der Waals surface area (Å²) in [5.41, 5.74) is 1.09. The maximum absolute atomic E-state index is 11.4. The van der Waals surface area contributed by atoms with Crippen LogP contribution in [0.25, 0.3) is 0 Å². The van der Waals surface area contributed by atoms with Crippen LogP contribution in [0.2, 0.25) is 0 Å². The van der Waals surface area contributed by atoms with Gasteiger partial charge in [-0.2, -0.15) is 0 Å². The molecule has 0 unspecified atom stereocenters. The molecule has 2 bridgehead atoms. The van der Waals surface area contributed by atoms with Gasteiger partial charge in [0.05, 0.1) is 24.7 Å². The fraction of sp³-hybridized carbons (Fsp3) is 0.667. The lowest BCUT2D eigenvalue weighted by molar-refractivity contribution is -0.139. The average molecular weight is 168 g/mol. The summed E-state index contributed by atoms with van der Waals surface area (Å²) < 4.78 is 5.51. The number of carbonyl (C=O) groups is 1. The smallest absolute Gasteiger partial charge is 0.144 e. The third kappa shape index (κ3) is 1.01. The minimum atomic E-state index is -0.319. The van der Waals surface area contributed by atoms with Crippen molar-refractivity contribution in [3.8, 4) is 0 Å². The van der Waals surface area contributed by atoms with Crippen molar-refractivity contribution in [3.63, 3.8) is 0 Å². The molecule has 3 heteroatoms. The van der Waals surface area contributed by atoms with E-state index in [0.29, 0.717) is 6.42 Å². The van der Waals surface area contributed by atoms with Crippen LogP contribution < -0.4 is 0 Å². The number of Topliss-reactive ketones (excluding diaryl/α,β-unsaturated/α-hetero) is 1. The van der Waals surface area contributed by atoms with E-state index in [1.54, 1.807) is 0 Å². The van der Waals surface area contributed by atoms with Crippen LogP contribution in [0, 0.1) is 5.92 Å². The van der Waals surface area contributed by atoms with Crippen molar-refractivity contribution in [2.75, 3.05) is 6.61 Å². The van der Waals surface area contributed by atoms with E-state index in [9.17, 15) is 4.79 Å². The summed E-state index contributed by atoms with van der Waals surface area (Å²) in [4.78, 5) is 11.4. The molecule has 3 nitrogen and oxygen atoms in total. The number of aliphatic hydroxyl groups is 1. The number of ketones is 1. The van der Waals surface area contributed by atoms with E-state index in [-0.39, 0.29) is 30.5 Å². The molecular formula is C9H12O3. The number of fused-ring (bicyclic) bond motifs is 2. The van der Waals surface area contributed by atoms with Gasteiger partial charge in [-0.15, -0.1) is 0 Å². The number of carbonyl (C=O) groups excluding carboxylic acids is 1. The molecule has 12 heavy (non-hydrogen) atoms. The molecule has 1 saturated heterocycles. The van der Waals surface area contributed by atoms with Gasteiger partial charge in [-0.25, -0.2) is 0 Å². The van der Waals surface area contributed by atoms with Crippen molar-refractivity contribution in [2.45, 2.75) is 25.6 Å². The Morgan fingerprint density at radius 2 is 2.50 bits per heavy atom. The zero-order valence-electron chi connectivity index (χ0n) is 6.99. The van der Waals surface area contributed by atoms with Gasteiger partial charge < -0.3 is 9.84 Å². The predicted octanol–water partition coefficient (Wildman–Crippen LogP) is 0.281. The van der Waals surface area contributed by atoms with Crippen molar-refractivity contribution in [1.29, 1.82) is 0 Å². The minimum Gasteiger partial charge on any atom is -0.396 e. The Bertz CT molecular complexity index is 244. The topological polar surface area (TPSA) is 46.5 Å². The lowest BCUT2D eigenvalue weighted by atomic mass is 9.92. The van der Waals surface area contributed by atoms with Crippen molar-refractivity contribution in [2.24, 2.45) is 5.92 Å². The maximum atomic E-state index is 11.4. The fourth-order valence-corrected chi connectivity index (χ4v) is 1.96. The van der Waals surface area contributed by atoms with Gasteiger partial charge in [-0.3, -0.25) is 4.79 Å². The molecule has 2 aliphatic heterocycles. The molecule has 1 N–H and O–H groups in total. The first-order chi connectivity index (χ1) is 5.72. The second-order valence-electron chi connectivity index (χ2n) is 3.47. The quantitative estimate of drug-likeness (QED) is 0.572. The van der Waals surface area contributed by atoms with Crippen LogP contribution in [-0.2, 0) is 9.53 Å². The Kier molecular flexibility index (Phi) is 1.77. The standard InChI is InChI=1S/C9H12O3/c1-5-2-6-3-8(11)7(4-10)9(5)12-6/h2,6-7,9-10H,3-4H2,1H3/t6-,7-,9+/m0/s1. The van der Waals surface area contributed by atoms with Crippen LogP contribution in [0.3, 0.4) is 0 Å². The maximum Gasteiger partial charge on any atom is 0.144 e. The Morgan fingerprint density at radius 3 is 3.17 bits per heavy atom. The van der Waals surface area contributed by atoms with Gasteiger partial charge in [0.15, 0.2) is 0 Å². The monoisotopic (exact) mass is 168 g/mol. The van der Waals surface area contributed by atoms with Gasteiger partial charge in [-0.05, 0) is 12.5 Å². The van der Waals surface area contributed by atoms with Crippen molar-refractivity contribution >= 4 is 5.78 Å². The Morgan fingerprint density at radius 1 is 1.75 bits per heavy atom. The molecule has 3 atom stereocenters. The third-order valence-corrected chi connectivity index (χ3v) is 2.60. The SMILES string of the molecule is CC1=C[C@H]2CC(=O)[C@H](CO)[C@@H]1O2. The number of hydrogen-bond donors (Lipinski definition) is 1. The molecule has 0 saturated carbocycles. The highest BCUT2D eigenvalue weighted by Crippen LogP contribution is 2.33. The molecule has 1 fully saturated rings. The van der Waals surface area contributed by atoms with Crippen LogP contribution in [0.4, 0.5) is 0 Å². The fourth-order valence-electron chi connectivity index (χ4n) is 1.96. The number of rotatable bonds is 1. The average Bonchev–Trinajstić information content (AvgIpc) is 2.29. The molecule has 0 spiro atoms. The zero-order valence-corrected chi connectivity index (χ0v) is 6.99. The molecule has 2 rings (SSSR count). The Balaban J connectivity index is 2.25.